The van der Waals surface area contributed by atoms with Crippen LogP contribution in [0.15, 0.2) is 24.3 Å². The maximum absolute atomic E-state index is 9.14. The highest BCUT2D eigenvalue weighted by Crippen LogP contribution is 2.41. The van der Waals surface area contributed by atoms with Gasteiger partial charge in [-0.25, -0.2) is 0 Å². The monoisotopic (exact) mass is 248 g/mol. The molecule has 1 heterocycles. The fourth-order valence-corrected chi connectivity index (χ4v) is 2.43. The summed E-state index contributed by atoms with van der Waals surface area (Å²) in [5, 5.41) is 19.4. The van der Waals surface area contributed by atoms with Crippen molar-refractivity contribution in [2.75, 3.05) is 0 Å². The third kappa shape index (κ3) is 2.55. The van der Waals surface area contributed by atoms with E-state index in [1.54, 1.807) is 35.6 Å². The number of benzene rings is 1. The minimum atomic E-state index is 0.240. The highest BCUT2D eigenvalue weighted by atomic mass is 32.1. The second-order valence-electron chi connectivity index (χ2n) is 4.09. The van der Waals surface area contributed by atoms with Crippen molar-refractivity contribution in [1.29, 1.82) is 0 Å². The Hall–Kier alpha value is -1.62. The van der Waals surface area contributed by atoms with Crippen LogP contribution in [-0.4, -0.2) is 15.3 Å². The molecule has 0 unspecified atom stereocenters. The number of hydrogen-bond donors (Lipinski definition) is 1. The Balaban J connectivity index is 1.60. The summed E-state index contributed by atoms with van der Waals surface area (Å²) in [4.78, 5) is 0. The predicted molar refractivity (Wildman–Crippen MR) is 64.3 cm³/mol. The van der Waals surface area contributed by atoms with Gasteiger partial charge < -0.3 is 9.84 Å². The van der Waals surface area contributed by atoms with E-state index in [4.69, 9.17) is 9.84 Å². The Labute approximate surface area is 103 Å². The average molecular weight is 248 g/mol. The molecule has 1 aromatic heterocycles. The van der Waals surface area contributed by atoms with Gasteiger partial charge in [-0.15, -0.1) is 10.2 Å². The Morgan fingerprint density at radius 2 is 2.00 bits per heavy atom. The smallest absolute Gasteiger partial charge is 0.155 e. The lowest BCUT2D eigenvalue weighted by molar-refractivity contribution is 0.304. The molecule has 88 valence electrons. The topological polar surface area (TPSA) is 55.2 Å². The number of hydrogen-bond acceptors (Lipinski definition) is 5. The van der Waals surface area contributed by atoms with Crippen molar-refractivity contribution in [2.24, 2.45) is 0 Å². The molecule has 0 spiro atoms. The molecule has 1 aliphatic rings. The summed E-state index contributed by atoms with van der Waals surface area (Å²) < 4.78 is 5.56. The van der Waals surface area contributed by atoms with Crippen LogP contribution in [0.4, 0.5) is 0 Å². The summed E-state index contributed by atoms with van der Waals surface area (Å²) in [5.74, 6) is 1.62. The molecular formula is C12H12N2O2S. The quantitative estimate of drug-likeness (QED) is 0.903. The van der Waals surface area contributed by atoms with Gasteiger partial charge in [0.25, 0.3) is 0 Å². The minimum Gasteiger partial charge on any atom is -0.508 e. The molecule has 17 heavy (non-hydrogen) atoms. The summed E-state index contributed by atoms with van der Waals surface area (Å²) in [6.45, 7) is 0.440. The van der Waals surface area contributed by atoms with E-state index in [9.17, 15) is 0 Å². The van der Waals surface area contributed by atoms with Crippen LogP contribution in [0, 0.1) is 0 Å². The zero-order chi connectivity index (χ0) is 11.7. The van der Waals surface area contributed by atoms with Crippen molar-refractivity contribution in [3.05, 3.63) is 34.3 Å². The van der Waals surface area contributed by atoms with Gasteiger partial charge in [0.1, 0.15) is 23.1 Å². The zero-order valence-corrected chi connectivity index (χ0v) is 9.98. The van der Waals surface area contributed by atoms with Gasteiger partial charge in [0.2, 0.25) is 0 Å². The molecular weight excluding hydrogens is 236 g/mol. The van der Waals surface area contributed by atoms with Gasteiger partial charge in [-0.2, -0.15) is 0 Å². The largest absolute Gasteiger partial charge is 0.508 e. The Bertz CT molecular complexity index is 505. The first-order valence-corrected chi connectivity index (χ1v) is 6.37. The minimum absolute atomic E-state index is 0.240. The van der Waals surface area contributed by atoms with Gasteiger partial charge in [-0.1, -0.05) is 11.3 Å². The third-order valence-electron chi connectivity index (χ3n) is 2.61. The summed E-state index contributed by atoms with van der Waals surface area (Å²) in [7, 11) is 0. The van der Waals surface area contributed by atoms with E-state index in [1.165, 1.54) is 12.8 Å². The third-order valence-corrected chi connectivity index (χ3v) is 3.67. The number of phenolic OH excluding ortho intramolecular Hbond substituents is 1. The van der Waals surface area contributed by atoms with Crippen molar-refractivity contribution < 1.29 is 9.84 Å². The van der Waals surface area contributed by atoms with Crippen LogP contribution in [-0.2, 0) is 6.61 Å². The molecule has 1 fully saturated rings. The summed E-state index contributed by atoms with van der Waals surface area (Å²) >= 11 is 1.63. The van der Waals surface area contributed by atoms with E-state index < -0.39 is 0 Å². The van der Waals surface area contributed by atoms with Gasteiger partial charge in [-0.05, 0) is 37.1 Å². The number of ether oxygens (including phenoxy) is 1. The molecule has 5 heteroatoms. The summed E-state index contributed by atoms with van der Waals surface area (Å²) in [6, 6.07) is 6.67. The molecule has 4 nitrogen and oxygen atoms in total. The molecule has 0 radical (unpaired) electrons. The molecule has 3 rings (SSSR count). The summed E-state index contributed by atoms with van der Waals surface area (Å²) in [5.41, 5.74) is 0. The average Bonchev–Trinajstić information content (AvgIpc) is 3.09. The number of aromatic hydroxyl groups is 1. The second kappa shape index (κ2) is 4.33. The van der Waals surface area contributed by atoms with Crippen LogP contribution < -0.4 is 4.74 Å². The van der Waals surface area contributed by atoms with Crippen molar-refractivity contribution >= 4 is 11.3 Å². The molecule has 0 atom stereocenters. The van der Waals surface area contributed by atoms with Gasteiger partial charge >= 0.3 is 0 Å². The number of phenols is 1. The van der Waals surface area contributed by atoms with Crippen LogP contribution >= 0.6 is 11.3 Å². The maximum Gasteiger partial charge on any atom is 0.155 e. The van der Waals surface area contributed by atoms with Crippen LogP contribution in [0.2, 0.25) is 0 Å². The Kier molecular flexibility index (Phi) is 2.68. The van der Waals surface area contributed by atoms with E-state index in [0.717, 1.165) is 15.8 Å². The van der Waals surface area contributed by atoms with E-state index >= 15 is 0 Å². The number of aromatic nitrogens is 2. The van der Waals surface area contributed by atoms with E-state index in [2.05, 4.69) is 10.2 Å². The lowest BCUT2D eigenvalue weighted by Crippen LogP contribution is -1.94. The molecule has 0 bridgehead atoms. The fraction of sp³-hybridized carbons (Fsp3) is 0.333. The maximum atomic E-state index is 9.14. The predicted octanol–water partition coefficient (Wildman–Crippen LogP) is 2.70. The standard InChI is InChI=1S/C12H12N2O2S/c15-9-3-5-10(6-4-9)16-7-11-13-14-12(17-11)8-1-2-8/h3-6,8,15H,1-2,7H2. The lowest BCUT2D eigenvalue weighted by atomic mass is 10.3. The lowest BCUT2D eigenvalue weighted by Gasteiger charge is -2.02. The van der Waals surface area contributed by atoms with Gasteiger partial charge in [0, 0.05) is 5.92 Å². The van der Waals surface area contributed by atoms with E-state index in [0.29, 0.717) is 12.5 Å². The first kappa shape index (κ1) is 10.5. The Morgan fingerprint density at radius 3 is 2.71 bits per heavy atom. The second-order valence-corrected chi connectivity index (χ2v) is 5.18. The number of nitrogens with zero attached hydrogens (tertiary/aromatic N) is 2. The first-order chi connectivity index (χ1) is 8.31. The van der Waals surface area contributed by atoms with E-state index in [1.807, 2.05) is 0 Å². The molecule has 1 aromatic carbocycles. The fourth-order valence-electron chi connectivity index (χ4n) is 1.51. The molecule has 1 saturated carbocycles. The van der Waals surface area contributed by atoms with Gasteiger partial charge in [0.05, 0.1) is 0 Å². The van der Waals surface area contributed by atoms with Crippen molar-refractivity contribution in [3.8, 4) is 11.5 Å². The molecule has 2 aromatic rings. The van der Waals surface area contributed by atoms with Crippen LogP contribution in [0.1, 0.15) is 28.8 Å². The van der Waals surface area contributed by atoms with Crippen LogP contribution in [0.5, 0.6) is 11.5 Å². The molecule has 1 aliphatic carbocycles. The highest BCUT2D eigenvalue weighted by molar-refractivity contribution is 7.11. The number of rotatable bonds is 4. The highest BCUT2D eigenvalue weighted by Gasteiger charge is 2.27. The zero-order valence-electron chi connectivity index (χ0n) is 9.17. The molecule has 1 N–H and O–H groups in total. The van der Waals surface area contributed by atoms with Crippen molar-refractivity contribution in [3.63, 3.8) is 0 Å². The summed E-state index contributed by atoms with van der Waals surface area (Å²) in [6.07, 6.45) is 2.49. The molecule has 0 aliphatic heterocycles. The van der Waals surface area contributed by atoms with Gasteiger partial charge in [0.15, 0.2) is 5.01 Å². The normalized spacial score (nSPS) is 14.8. The van der Waals surface area contributed by atoms with E-state index in [-0.39, 0.29) is 5.75 Å². The molecule has 0 amide bonds. The van der Waals surface area contributed by atoms with Crippen LogP contribution in [0.3, 0.4) is 0 Å². The molecule has 0 saturated heterocycles. The van der Waals surface area contributed by atoms with Crippen LogP contribution in [0.25, 0.3) is 0 Å². The Morgan fingerprint density at radius 1 is 1.24 bits per heavy atom. The van der Waals surface area contributed by atoms with Crippen molar-refractivity contribution in [2.45, 2.75) is 25.4 Å². The first-order valence-electron chi connectivity index (χ1n) is 5.55. The SMILES string of the molecule is Oc1ccc(OCc2nnc(C3CC3)s2)cc1. The van der Waals surface area contributed by atoms with Crippen molar-refractivity contribution in [1.82, 2.24) is 10.2 Å². The van der Waals surface area contributed by atoms with Gasteiger partial charge in [-0.3, -0.25) is 0 Å².